The summed E-state index contributed by atoms with van der Waals surface area (Å²) in [4.78, 5) is 31.3. The number of para-hydroxylation sites is 1. The number of hydrogen-bond acceptors (Lipinski definition) is 6. The molecule has 0 saturated carbocycles. The van der Waals surface area contributed by atoms with Crippen LogP contribution in [0, 0.1) is 10.1 Å². The third-order valence-electron chi connectivity index (χ3n) is 5.03. The predicted molar refractivity (Wildman–Crippen MR) is 123 cm³/mol. The number of aromatic nitrogens is 1. The highest BCUT2D eigenvalue weighted by Gasteiger charge is 2.24. The molecule has 31 heavy (non-hydrogen) atoms. The summed E-state index contributed by atoms with van der Waals surface area (Å²) in [6.07, 6.45) is 4.17. The van der Waals surface area contributed by atoms with Gasteiger partial charge in [0.15, 0.2) is 6.29 Å². The summed E-state index contributed by atoms with van der Waals surface area (Å²) in [7, 11) is 4.04. The third-order valence-corrected chi connectivity index (χ3v) is 5.03. The number of anilines is 2. The maximum atomic E-state index is 11.7. The fraction of sp³-hybridized carbons (Fsp3) is 0.250. The van der Waals surface area contributed by atoms with Gasteiger partial charge >= 0.3 is 5.69 Å². The van der Waals surface area contributed by atoms with Crippen molar-refractivity contribution in [1.29, 1.82) is 0 Å². The Balaban J connectivity index is 2.11. The van der Waals surface area contributed by atoms with Crippen LogP contribution in [0.25, 0.3) is 11.1 Å². The number of aldehydes is 1. The van der Waals surface area contributed by atoms with Crippen molar-refractivity contribution in [2.24, 2.45) is 0 Å². The second-order valence-corrected chi connectivity index (χ2v) is 7.49. The van der Waals surface area contributed by atoms with Crippen molar-refractivity contribution in [3.63, 3.8) is 0 Å². The molecule has 0 unspecified atom stereocenters. The van der Waals surface area contributed by atoms with E-state index in [1.807, 2.05) is 61.5 Å². The molecule has 0 fully saturated rings. The molecule has 0 aliphatic rings. The molecule has 1 aromatic heterocycles. The van der Waals surface area contributed by atoms with Gasteiger partial charge in [0.2, 0.25) is 5.82 Å². The van der Waals surface area contributed by atoms with Crippen molar-refractivity contribution in [2.75, 3.05) is 32.1 Å². The first kappa shape index (κ1) is 22.1. The van der Waals surface area contributed by atoms with Gasteiger partial charge in [-0.05, 0) is 51.2 Å². The zero-order valence-corrected chi connectivity index (χ0v) is 17.8. The van der Waals surface area contributed by atoms with Crippen LogP contribution in [0.2, 0.25) is 0 Å². The quantitative estimate of drug-likeness (QED) is 0.201. The number of benzene rings is 2. The van der Waals surface area contributed by atoms with Gasteiger partial charge < -0.3 is 9.80 Å². The Kier molecular flexibility index (Phi) is 7.45. The number of carbonyl (C=O) groups excluding carboxylic acids is 1. The Bertz CT molecular complexity index is 1050. The monoisotopic (exact) mass is 418 g/mol. The van der Waals surface area contributed by atoms with Crippen LogP contribution in [0.5, 0.6) is 0 Å². The highest BCUT2D eigenvalue weighted by atomic mass is 16.6. The van der Waals surface area contributed by atoms with Crippen molar-refractivity contribution >= 4 is 23.5 Å². The highest BCUT2D eigenvalue weighted by molar-refractivity contribution is 5.93. The molecule has 0 bridgehead atoms. The van der Waals surface area contributed by atoms with Gasteiger partial charge in [-0.2, -0.15) is 0 Å². The number of nitro groups is 1. The first-order valence-electron chi connectivity index (χ1n) is 10.2. The molecule has 3 aromatic rings. The zero-order chi connectivity index (χ0) is 22.2. The SMILES string of the molecule is CN(C)CCCCN(c1ccccc1-c1ccccc1C=O)c1ncccc1[N+](=O)[O-]. The van der Waals surface area contributed by atoms with Crippen LogP contribution in [-0.4, -0.2) is 48.3 Å². The van der Waals surface area contributed by atoms with E-state index < -0.39 is 4.92 Å². The summed E-state index contributed by atoms with van der Waals surface area (Å²) in [5.41, 5.74) is 2.91. The van der Waals surface area contributed by atoms with Gasteiger partial charge in [0, 0.05) is 29.9 Å². The summed E-state index contributed by atoms with van der Waals surface area (Å²) in [6.45, 7) is 1.49. The molecule has 160 valence electrons. The van der Waals surface area contributed by atoms with Gasteiger partial charge in [0.1, 0.15) is 0 Å². The molecule has 0 aliphatic heterocycles. The zero-order valence-electron chi connectivity index (χ0n) is 17.8. The number of nitrogens with zero attached hydrogens (tertiary/aromatic N) is 4. The topological polar surface area (TPSA) is 79.6 Å². The molecule has 0 atom stereocenters. The lowest BCUT2D eigenvalue weighted by Gasteiger charge is -2.26. The van der Waals surface area contributed by atoms with E-state index in [1.54, 1.807) is 18.3 Å². The smallest absolute Gasteiger partial charge is 0.311 e. The average Bonchev–Trinajstić information content (AvgIpc) is 2.79. The first-order chi connectivity index (χ1) is 15.0. The van der Waals surface area contributed by atoms with Crippen molar-refractivity contribution in [3.05, 3.63) is 82.5 Å². The van der Waals surface area contributed by atoms with Crippen molar-refractivity contribution in [1.82, 2.24) is 9.88 Å². The summed E-state index contributed by atoms with van der Waals surface area (Å²) in [5.74, 6) is 0.299. The number of carbonyl (C=O) groups is 1. The maximum Gasteiger partial charge on any atom is 0.311 e. The van der Waals surface area contributed by atoms with Gasteiger partial charge in [0.05, 0.1) is 10.6 Å². The van der Waals surface area contributed by atoms with Crippen LogP contribution in [0.1, 0.15) is 23.2 Å². The molecule has 0 amide bonds. The molecule has 0 aliphatic carbocycles. The standard InChI is InChI=1S/C24H26N4O3/c1-26(2)16-7-8-17-27(24-23(28(30)31)14-9-15-25-24)22-13-6-5-12-21(22)20-11-4-3-10-19(20)18-29/h3-6,9-15,18H,7-8,16-17H2,1-2H3. The van der Waals surface area contributed by atoms with Gasteiger partial charge in [-0.25, -0.2) is 4.98 Å². The van der Waals surface area contributed by atoms with E-state index in [2.05, 4.69) is 9.88 Å². The molecule has 1 heterocycles. The Hall–Kier alpha value is -3.58. The van der Waals surface area contributed by atoms with Crippen molar-refractivity contribution in [2.45, 2.75) is 12.8 Å². The van der Waals surface area contributed by atoms with Crippen LogP contribution in [0.15, 0.2) is 66.9 Å². The molecule has 7 heteroatoms. The molecule has 2 aromatic carbocycles. The fourth-order valence-electron chi connectivity index (χ4n) is 3.56. The molecule has 0 saturated heterocycles. The summed E-state index contributed by atoms with van der Waals surface area (Å²) < 4.78 is 0. The van der Waals surface area contributed by atoms with Crippen LogP contribution in [0.3, 0.4) is 0 Å². The lowest BCUT2D eigenvalue weighted by Crippen LogP contribution is -2.23. The van der Waals surface area contributed by atoms with Gasteiger partial charge in [-0.3, -0.25) is 14.9 Å². The van der Waals surface area contributed by atoms with E-state index in [-0.39, 0.29) is 5.69 Å². The lowest BCUT2D eigenvalue weighted by atomic mass is 9.98. The van der Waals surface area contributed by atoms with Gasteiger partial charge in [-0.1, -0.05) is 42.5 Å². The molecular weight excluding hydrogens is 392 g/mol. The Morgan fingerprint density at radius 1 is 0.935 bits per heavy atom. The molecule has 3 rings (SSSR count). The van der Waals surface area contributed by atoms with E-state index in [4.69, 9.17) is 0 Å². The Labute approximate surface area is 182 Å². The number of rotatable bonds is 10. The summed E-state index contributed by atoms with van der Waals surface area (Å²) in [5, 5.41) is 11.7. The van der Waals surface area contributed by atoms with Crippen LogP contribution in [-0.2, 0) is 0 Å². The van der Waals surface area contributed by atoms with E-state index in [9.17, 15) is 14.9 Å². The average molecular weight is 418 g/mol. The Morgan fingerprint density at radius 3 is 2.32 bits per heavy atom. The number of pyridine rings is 1. The van der Waals surface area contributed by atoms with E-state index in [0.717, 1.165) is 42.5 Å². The predicted octanol–water partition coefficient (Wildman–Crippen LogP) is 4.95. The minimum Gasteiger partial charge on any atom is -0.320 e. The normalized spacial score (nSPS) is 10.8. The molecule has 0 N–H and O–H groups in total. The van der Waals surface area contributed by atoms with Gasteiger partial charge in [-0.15, -0.1) is 0 Å². The minimum atomic E-state index is -0.406. The summed E-state index contributed by atoms with van der Waals surface area (Å²) in [6, 6.07) is 18.0. The molecule has 0 radical (unpaired) electrons. The van der Waals surface area contributed by atoms with E-state index in [0.29, 0.717) is 17.9 Å². The summed E-state index contributed by atoms with van der Waals surface area (Å²) >= 11 is 0. The Morgan fingerprint density at radius 2 is 1.61 bits per heavy atom. The molecule has 7 nitrogen and oxygen atoms in total. The minimum absolute atomic E-state index is 0.0476. The van der Waals surface area contributed by atoms with Gasteiger partial charge in [0.25, 0.3) is 0 Å². The second kappa shape index (κ2) is 10.4. The number of unbranched alkanes of at least 4 members (excludes halogenated alkanes) is 1. The van der Waals surface area contributed by atoms with Crippen LogP contribution < -0.4 is 4.90 Å². The fourth-order valence-corrected chi connectivity index (χ4v) is 3.56. The first-order valence-corrected chi connectivity index (χ1v) is 10.2. The van der Waals surface area contributed by atoms with Crippen molar-refractivity contribution < 1.29 is 9.72 Å². The van der Waals surface area contributed by atoms with Crippen LogP contribution in [0.4, 0.5) is 17.2 Å². The number of hydrogen-bond donors (Lipinski definition) is 0. The highest BCUT2D eigenvalue weighted by Crippen LogP contribution is 2.38. The maximum absolute atomic E-state index is 11.7. The van der Waals surface area contributed by atoms with E-state index >= 15 is 0 Å². The lowest BCUT2D eigenvalue weighted by molar-refractivity contribution is -0.384. The molecule has 0 spiro atoms. The largest absolute Gasteiger partial charge is 0.320 e. The van der Waals surface area contributed by atoms with Crippen LogP contribution >= 0.6 is 0 Å². The van der Waals surface area contributed by atoms with Crippen molar-refractivity contribution in [3.8, 4) is 11.1 Å². The molecular formula is C24H26N4O3. The second-order valence-electron chi connectivity index (χ2n) is 7.49. The third kappa shape index (κ3) is 5.32. The van der Waals surface area contributed by atoms with E-state index in [1.165, 1.54) is 6.07 Å².